The summed E-state index contributed by atoms with van der Waals surface area (Å²) in [7, 11) is 1.84. The van der Waals surface area contributed by atoms with E-state index in [1.54, 1.807) is 15.8 Å². The van der Waals surface area contributed by atoms with Gasteiger partial charge in [0.2, 0.25) is 11.8 Å². The molecule has 0 aliphatic carbocycles. The Morgan fingerprint density at radius 1 is 1.36 bits per heavy atom. The van der Waals surface area contributed by atoms with E-state index in [1.165, 1.54) is 0 Å². The van der Waals surface area contributed by atoms with Crippen LogP contribution in [0.1, 0.15) is 39.4 Å². The van der Waals surface area contributed by atoms with Gasteiger partial charge in [-0.1, -0.05) is 25.9 Å². The van der Waals surface area contributed by atoms with Crippen LogP contribution < -0.4 is 10.2 Å². The van der Waals surface area contributed by atoms with E-state index in [9.17, 15) is 4.79 Å². The van der Waals surface area contributed by atoms with E-state index in [0.717, 1.165) is 5.69 Å². The third-order valence-electron chi connectivity index (χ3n) is 4.34. The minimum atomic E-state index is -0.200. The largest absolute Gasteiger partial charge is 0.356 e. The Labute approximate surface area is 164 Å². The molecule has 0 atom stereocenters. The maximum Gasteiger partial charge on any atom is 0.246 e. The number of carbonyl (C=O) groups excluding carboxylic acids is 1. The summed E-state index contributed by atoms with van der Waals surface area (Å²) in [4.78, 5) is 25.3. The lowest BCUT2D eigenvalue weighted by Gasteiger charge is -2.35. The molecule has 152 valence electrons. The van der Waals surface area contributed by atoms with Gasteiger partial charge in [-0.3, -0.25) is 9.48 Å². The second-order valence-electron chi connectivity index (χ2n) is 7.78. The summed E-state index contributed by atoms with van der Waals surface area (Å²) in [6, 6.07) is 0. The van der Waals surface area contributed by atoms with Gasteiger partial charge in [0.25, 0.3) is 0 Å². The molecule has 0 bridgehead atoms. The van der Waals surface area contributed by atoms with Crippen molar-refractivity contribution >= 4 is 17.6 Å². The monoisotopic (exact) mass is 388 g/mol. The van der Waals surface area contributed by atoms with Gasteiger partial charge in [-0.05, 0) is 6.92 Å². The molecule has 1 aliphatic rings. The zero-order chi connectivity index (χ0) is 20.3. The Bertz CT molecular complexity index is 848. The van der Waals surface area contributed by atoms with Crippen molar-refractivity contribution in [3.8, 4) is 0 Å². The molecule has 0 spiro atoms. The minimum Gasteiger partial charge on any atom is -0.356 e. The van der Waals surface area contributed by atoms with Crippen LogP contribution in [0.2, 0.25) is 0 Å². The molecule has 3 heterocycles. The molecule has 0 unspecified atom stereocenters. The highest BCUT2D eigenvalue weighted by Gasteiger charge is 2.28. The number of hydrogen-bond acceptors (Lipinski definition) is 6. The van der Waals surface area contributed by atoms with Crippen LogP contribution in [0.5, 0.6) is 0 Å². The van der Waals surface area contributed by atoms with Crippen molar-refractivity contribution in [1.29, 1.82) is 0 Å². The van der Waals surface area contributed by atoms with Gasteiger partial charge < -0.3 is 19.6 Å². The SMILES string of the molecule is CCNC(=NCc1noc(C(C)(C)C)n1)N1CCN(c2cnn(C)c2)C(=O)C1. The van der Waals surface area contributed by atoms with Gasteiger partial charge >= 0.3 is 0 Å². The van der Waals surface area contributed by atoms with Gasteiger partial charge in [0.05, 0.1) is 11.9 Å². The fourth-order valence-electron chi connectivity index (χ4n) is 2.87. The molecule has 2 aromatic rings. The lowest BCUT2D eigenvalue weighted by Crippen LogP contribution is -2.55. The molecule has 1 saturated heterocycles. The van der Waals surface area contributed by atoms with Gasteiger partial charge in [0.15, 0.2) is 11.8 Å². The lowest BCUT2D eigenvalue weighted by molar-refractivity contribution is -0.120. The standard InChI is InChI=1S/C18H28N8O2/c1-6-19-17(20-10-14-22-16(28-23-14)18(2,3)4)25-7-8-26(15(27)12-25)13-9-21-24(5)11-13/h9,11H,6-8,10,12H2,1-5H3,(H,19,20). The maximum atomic E-state index is 12.6. The van der Waals surface area contributed by atoms with Crippen molar-refractivity contribution in [2.75, 3.05) is 31.1 Å². The van der Waals surface area contributed by atoms with E-state index in [1.807, 2.05) is 45.8 Å². The number of guanidine groups is 1. The van der Waals surface area contributed by atoms with Gasteiger partial charge in [-0.25, -0.2) is 4.99 Å². The van der Waals surface area contributed by atoms with E-state index in [4.69, 9.17) is 4.52 Å². The first-order chi connectivity index (χ1) is 13.3. The first-order valence-electron chi connectivity index (χ1n) is 9.43. The number of carbonyl (C=O) groups is 1. The second kappa shape index (κ2) is 7.99. The maximum absolute atomic E-state index is 12.6. The summed E-state index contributed by atoms with van der Waals surface area (Å²) in [5, 5.41) is 11.4. The van der Waals surface area contributed by atoms with Crippen LogP contribution in [-0.2, 0) is 23.8 Å². The number of aromatic nitrogens is 4. The average Bonchev–Trinajstić information content (AvgIpc) is 3.27. The zero-order valence-corrected chi connectivity index (χ0v) is 17.1. The smallest absolute Gasteiger partial charge is 0.246 e. The van der Waals surface area contributed by atoms with Crippen molar-refractivity contribution in [3.63, 3.8) is 0 Å². The average molecular weight is 388 g/mol. The van der Waals surface area contributed by atoms with E-state index in [2.05, 4.69) is 25.5 Å². The number of nitrogens with zero attached hydrogens (tertiary/aromatic N) is 7. The Hall–Kier alpha value is -2.91. The van der Waals surface area contributed by atoms with E-state index in [0.29, 0.717) is 43.9 Å². The van der Waals surface area contributed by atoms with Crippen molar-refractivity contribution < 1.29 is 9.32 Å². The number of aryl methyl sites for hydroxylation is 1. The van der Waals surface area contributed by atoms with E-state index < -0.39 is 0 Å². The molecule has 10 heteroatoms. The molecule has 0 aromatic carbocycles. The molecule has 2 aromatic heterocycles. The Kier molecular flexibility index (Phi) is 5.66. The zero-order valence-electron chi connectivity index (χ0n) is 17.1. The highest BCUT2D eigenvalue weighted by Crippen LogP contribution is 2.20. The summed E-state index contributed by atoms with van der Waals surface area (Å²) in [5.74, 6) is 1.80. The number of hydrogen-bond donors (Lipinski definition) is 1. The Balaban J connectivity index is 1.68. The number of rotatable bonds is 4. The van der Waals surface area contributed by atoms with Crippen molar-refractivity contribution in [1.82, 2.24) is 30.1 Å². The summed E-state index contributed by atoms with van der Waals surface area (Å²) >= 11 is 0. The van der Waals surface area contributed by atoms with Gasteiger partial charge in [0, 0.05) is 38.3 Å². The molecule has 0 saturated carbocycles. The van der Waals surface area contributed by atoms with Gasteiger partial charge in [-0.2, -0.15) is 10.1 Å². The van der Waals surface area contributed by atoms with Gasteiger partial charge in [-0.15, -0.1) is 0 Å². The normalized spacial score (nSPS) is 16.0. The molecule has 28 heavy (non-hydrogen) atoms. The quantitative estimate of drug-likeness (QED) is 0.613. The number of anilines is 1. The highest BCUT2D eigenvalue weighted by atomic mass is 16.5. The lowest BCUT2D eigenvalue weighted by atomic mass is 9.97. The predicted molar refractivity (Wildman–Crippen MR) is 105 cm³/mol. The molecule has 1 aliphatic heterocycles. The molecule has 1 amide bonds. The van der Waals surface area contributed by atoms with Gasteiger partial charge in [0.1, 0.15) is 13.1 Å². The van der Waals surface area contributed by atoms with Crippen LogP contribution in [0.15, 0.2) is 21.9 Å². The highest BCUT2D eigenvalue weighted by molar-refractivity contribution is 5.98. The number of piperazine rings is 1. The van der Waals surface area contributed by atoms with Crippen LogP contribution in [-0.4, -0.2) is 62.9 Å². The molecule has 3 rings (SSSR count). The molecule has 1 N–H and O–H groups in total. The first-order valence-corrected chi connectivity index (χ1v) is 9.43. The van der Waals surface area contributed by atoms with Crippen molar-refractivity contribution in [2.45, 2.75) is 39.7 Å². The van der Waals surface area contributed by atoms with Crippen LogP contribution in [0.25, 0.3) is 0 Å². The second-order valence-corrected chi connectivity index (χ2v) is 7.78. The summed E-state index contributed by atoms with van der Waals surface area (Å²) < 4.78 is 7.01. The first kappa shape index (κ1) is 19.8. The molecular weight excluding hydrogens is 360 g/mol. The molecule has 0 radical (unpaired) electrons. The predicted octanol–water partition coefficient (Wildman–Crippen LogP) is 0.915. The molecule has 1 fully saturated rings. The van der Waals surface area contributed by atoms with E-state index in [-0.39, 0.29) is 17.9 Å². The summed E-state index contributed by atoms with van der Waals surface area (Å²) in [5.41, 5.74) is 0.615. The van der Waals surface area contributed by atoms with Crippen LogP contribution in [0.3, 0.4) is 0 Å². The van der Waals surface area contributed by atoms with Crippen LogP contribution in [0, 0.1) is 0 Å². The minimum absolute atomic E-state index is 0.0134. The third-order valence-corrected chi connectivity index (χ3v) is 4.34. The fraction of sp³-hybridized carbons (Fsp3) is 0.611. The number of nitrogens with one attached hydrogen (secondary N) is 1. The Morgan fingerprint density at radius 3 is 2.71 bits per heavy atom. The van der Waals surface area contributed by atoms with E-state index >= 15 is 0 Å². The van der Waals surface area contributed by atoms with Crippen LogP contribution >= 0.6 is 0 Å². The Morgan fingerprint density at radius 2 is 2.14 bits per heavy atom. The van der Waals surface area contributed by atoms with Crippen LogP contribution in [0.4, 0.5) is 5.69 Å². The van der Waals surface area contributed by atoms with Crippen molar-refractivity contribution in [2.24, 2.45) is 12.0 Å². The fourth-order valence-corrected chi connectivity index (χ4v) is 2.87. The summed E-state index contributed by atoms with van der Waals surface area (Å²) in [6.07, 6.45) is 3.55. The summed E-state index contributed by atoms with van der Waals surface area (Å²) in [6.45, 7) is 10.5. The molecular formula is C18H28N8O2. The van der Waals surface area contributed by atoms with Crippen molar-refractivity contribution in [3.05, 3.63) is 24.1 Å². The number of aliphatic imine (C=N–C) groups is 1. The topological polar surface area (TPSA) is 105 Å². The molecule has 10 nitrogen and oxygen atoms in total. The third kappa shape index (κ3) is 4.49. The number of amides is 1.